The Hall–Kier alpha value is -4.46. The number of methoxy groups -OCH3 is 1. The number of benzene rings is 3. The Morgan fingerprint density at radius 1 is 1.08 bits per heavy atom. The van der Waals surface area contributed by atoms with Crippen LogP contribution in [0.1, 0.15) is 5.56 Å². The molecule has 0 atom stereocenters. The van der Waals surface area contributed by atoms with Crippen molar-refractivity contribution in [3.05, 3.63) is 89.5 Å². The Morgan fingerprint density at radius 3 is 2.62 bits per heavy atom. The highest BCUT2D eigenvalue weighted by atomic mass is 35.5. The zero-order valence-electron chi connectivity index (χ0n) is 19.1. The highest BCUT2D eigenvalue weighted by Gasteiger charge is 2.20. The van der Waals surface area contributed by atoms with E-state index in [1.165, 1.54) is 56.0 Å². The maximum Gasteiger partial charge on any atom is 0.263 e. The van der Waals surface area contributed by atoms with Gasteiger partial charge in [0.15, 0.2) is 5.82 Å². The van der Waals surface area contributed by atoms with Crippen molar-refractivity contribution in [1.82, 2.24) is 10.1 Å². The molecule has 3 aromatic carbocycles. The minimum Gasteiger partial charge on any atom is -0.496 e. The van der Waals surface area contributed by atoms with E-state index in [4.69, 9.17) is 16.3 Å². The van der Waals surface area contributed by atoms with Gasteiger partial charge in [0, 0.05) is 28.8 Å². The van der Waals surface area contributed by atoms with Gasteiger partial charge in [0.2, 0.25) is 0 Å². The van der Waals surface area contributed by atoms with Crippen LogP contribution in [0, 0.1) is 17.1 Å². The third-order valence-electron chi connectivity index (χ3n) is 5.67. The van der Waals surface area contributed by atoms with Gasteiger partial charge in [-0.3, -0.25) is 9.71 Å². The number of halogens is 2. The van der Waals surface area contributed by atoms with Crippen LogP contribution < -0.4 is 9.46 Å². The maximum atomic E-state index is 13.7. The number of ether oxygens (including phenoxy) is 1. The fourth-order valence-electron chi connectivity index (χ4n) is 3.93. The lowest BCUT2D eigenvalue weighted by Crippen LogP contribution is -2.13. The van der Waals surface area contributed by atoms with E-state index in [-0.39, 0.29) is 15.7 Å². The molecule has 0 saturated carbocycles. The first-order valence-electron chi connectivity index (χ1n) is 10.7. The number of aromatic nitrogens is 2. The molecule has 5 aromatic rings. The molecule has 2 aromatic heterocycles. The van der Waals surface area contributed by atoms with Crippen LogP contribution in [0.4, 0.5) is 10.2 Å². The second-order valence-electron chi connectivity index (χ2n) is 7.87. The first-order chi connectivity index (χ1) is 17.8. The molecule has 1 N–H and O–H groups in total. The molecule has 0 bridgehead atoms. The maximum absolute atomic E-state index is 13.7. The smallest absolute Gasteiger partial charge is 0.263 e. The molecule has 5 rings (SSSR count). The van der Waals surface area contributed by atoms with E-state index in [1.807, 2.05) is 0 Å². The zero-order chi connectivity index (χ0) is 26.2. The first kappa shape index (κ1) is 24.2. The van der Waals surface area contributed by atoms with E-state index < -0.39 is 15.8 Å². The molecule has 184 valence electrons. The quantitative estimate of drug-likeness (QED) is 0.282. The summed E-state index contributed by atoms with van der Waals surface area (Å²) in [5.74, 6) is -0.0873. The minimum absolute atomic E-state index is 0.0216. The molecular weight excluding hydrogens is 519 g/mol. The van der Waals surface area contributed by atoms with Crippen molar-refractivity contribution in [3.8, 4) is 34.2 Å². The van der Waals surface area contributed by atoms with E-state index in [1.54, 1.807) is 24.3 Å². The topological polar surface area (TPSA) is 118 Å². The number of fused-ring (bicyclic) bond motifs is 1. The number of pyridine rings is 1. The summed E-state index contributed by atoms with van der Waals surface area (Å²) in [6.07, 6.45) is 2.80. The summed E-state index contributed by atoms with van der Waals surface area (Å²) < 4.78 is 51.9. The molecule has 11 heteroatoms. The van der Waals surface area contributed by atoms with E-state index in [2.05, 4.69) is 25.5 Å². The Kier molecular flexibility index (Phi) is 6.25. The second kappa shape index (κ2) is 9.54. The Balaban J connectivity index is 1.63. The van der Waals surface area contributed by atoms with Crippen LogP contribution in [0.25, 0.3) is 33.2 Å². The molecule has 0 unspecified atom stereocenters. The zero-order valence-corrected chi connectivity index (χ0v) is 20.6. The van der Waals surface area contributed by atoms with Crippen LogP contribution in [0.15, 0.2) is 82.5 Å². The van der Waals surface area contributed by atoms with E-state index >= 15 is 0 Å². The third-order valence-corrected chi connectivity index (χ3v) is 7.31. The molecule has 0 saturated heterocycles. The largest absolute Gasteiger partial charge is 0.496 e. The van der Waals surface area contributed by atoms with Gasteiger partial charge < -0.3 is 9.26 Å². The summed E-state index contributed by atoms with van der Waals surface area (Å²) >= 11 is 5.96. The molecule has 0 aliphatic heterocycles. The Morgan fingerprint density at radius 2 is 1.92 bits per heavy atom. The molecule has 0 spiro atoms. The van der Waals surface area contributed by atoms with Gasteiger partial charge in [-0.15, -0.1) is 0 Å². The average Bonchev–Trinajstić information content (AvgIpc) is 3.41. The molecule has 37 heavy (non-hydrogen) atoms. The lowest BCUT2D eigenvalue weighted by Gasteiger charge is -2.15. The highest BCUT2D eigenvalue weighted by Crippen LogP contribution is 2.39. The molecule has 0 aliphatic rings. The number of rotatable bonds is 6. The van der Waals surface area contributed by atoms with Crippen molar-refractivity contribution in [1.29, 1.82) is 5.26 Å². The number of nitrogens with one attached hydrogen (secondary N) is 1. The average molecular weight is 535 g/mol. The van der Waals surface area contributed by atoms with Crippen molar-refractivity contribution >= 4 is 38.2 Å². The lowest BCUT2D eigenvalue weighted by atomic mass is 9.94. The van der Waals surface area contributed by atoms with Crippen LogP contribution in [0.5, 0.6) is 5.75 Å². The fraction of sp³-hybridized carbons (Fsp3) is 0.0385. The highest BCUT2D eigenvalue weighted by molar-refractivity contribution is 7.92. The molecule has 2 heterocycles. The van der Waals surface area contributed by atoms with Crippen molar-refractivity contribution in [2.45, 2.75) is 4.90 Å². The first-order valence-corrected chi connectivity index (χ1v) is 12.6. The predicted molar refractivity (Wildman–Crippen MR) is 136 cm³/mol. The standard InChI is InChI=1S/C26H16ClFN4O4S/c1-35-24-13-20(15-2-5-23(28)22(27)12-15)17(14-29)11-21(24)26-19-4-3-18(10-16(19)6-8-30-26)37(33,34)32-25-7-9-36-31-25/h2-13H,1H3,(H,31,32). The summed E-state index contributed by atoms with van der Waals surface area (Å²) in [7, 11) is -2.43. The lowest BCUT2D eigenvalue weighted by molar-refractivity contribution is 0.416. The van der Waals surface area contributed by atoms with Crippen molar-refractivity contribution < 1.29 is 22.1 Å². The van der Waals surface area contributed by atoms with Crippen molar-refractivity contribution in [2.75, 3.05) is 11.8 Å². The number of sulfonamides is 1. The van der Waals surface area contributed by atoms with Crippen LogP contribution in [0.3, 0.4) is 0 Å². The second-order valence-corrected chi connectivity index (χ2v) is 9.96. The van der Waals surface area contributed by atoms with Gasteiger partial charge in [-0.1, -0.05) is 28.9 Å². The molecule has 0 aliphatic carbocycles. The van der Waals surface area contributed by atoms with Gasteiger partial charge in [-0.25, -0.2) is 12.8 Å². The summed E-state index contributed by atoms with van der Waals surface area (Å²) in [6, 6.07) is 17.3. The molecule has 0 amide bonds. The molecular formula is C26H16ClFN4O4S. The number of hydrogen-bond donors (Lipinski definition) is 1. The number of nitriles is 1. The van der Waals surface area contributed by atoms with Crippen LogP contribution >= 0.6 is 11.6 Å². The Bertz CT molecular complexity index is 1800. The van der Waals surface area contributed by atoms with Gasteiger partial charge in [0.05, 0.1) is 34.4 Å². The van der Waals surface area contributed by atoms with Crippen molar-refractivity contribution in [3.63, 3.8) is 0 Å². The van der Waals surface area contributed by atoms with Gasteiger partial charge in [0.25, 0.3) is 10.0 Å². The van der Waals surface area contributed by atoms with Crippen LogP contribution in [-0.4, -0.2) is 25.7 Å². The van der Waals surface area contributed by atoms with E-state index in [0.29, 0.717) is 44.5 Å². The molecule has 8 nitrogen and oxygen atoms in total. The fourth-order valence-corrected chi connectivity index (χ4v) is 5.14. The van der Waals surface area contributed by atoms with Crippen LogP contribution in [-0.2, 0) is 10.0 Å². The van der Waals surface area contributed by atoms with E-state index in [0.717, 1.165) is 0 Å². The normalized spacial score (nSPS) is 11.3. The predicted octanol–water partition coefficient (Wildman–Crippen LogP) is 6.03. The third kappa shape index (κ3) is 4.58. The number of hydrogen-bond acceptors (Lipinski definition) is 7. The SMILES string of the molecule is COc1cc(-c2ccc(F)c(Cl)c2)c(C#N)cc1-c1nccc2cc(S(=O)(=O)Nc3ccon3)ccc12. The van der Waals surface area contributed by atoms with E-state index in [9.17, 15) is 18.1 Å². The van der Waals surface area contributed by atoms with Crippen LogP contribution in [0.2, 0.25) is 5.02 Å². The monoisotopic (exact) mass is 534 g/mol. The molecule has 0 radical (unpaired) electrons. The summed E-state index contributed by atoms with van der Waals surface area (Å²) in [6.45, 7) is 0. The minimum atomic E-state index is -3.92. The Labute approximate surface area is 215 Å². The van der Waals surface area contributed by atoms with Gasteiger partial charge in [-0.2, -0.15) is 5.26 Å². The van der Waals surface area contributed by atoms with Gasteiger partial charge in [0.1, 0.15) is 17.8 Å². The summed E-state index contributed by atoms with van der Waals surface area (Å²) in [5.41, 5.74) is 2.37. The summed E-state index contributed by atoms with van der Waals surface area (Å²) in [4.78, 5) is 4.52. The number of anilines is 1. The van der Waals surface area contributed by atoms with Gasteiger partial charge in [-0.05, 0) is 53.4 Å². The number of nitrogens with zero attached hydrogens (tertiary/aromatic N) is 3. The summed E-state index contributed by atoms with van der Waals surface area (Å²) in [5, 5.41) is 14.6. The molecule has 0 fully saturated rings. The van der Waals surface area contributed by atoms with Gasteiger partial charge >= 0.3 is 0 Å². The van der Waals surface area contributed by atoms with Crippen molar-refractivity contribution in [2.24, 2.45) is 0 Å².